The van der Waals surface area contributed by atoms with Crippen molar-refractivity contribution in [3.63, 3.8) is 0 Å². The highest BCUT2D eigenvalue weighted by atomic mass is 28.5. The average Bonchev–Trinajstić information content (AvgIpc) is 2.66. The smallest absolute Gasteiger partial charge is 0.353 e. The van der Waals surface area contributed by atoms with E-state index in [4.69, 9.17) is 12.3 Å². The van der Waals surface area contributed by atoms with E-state index in [0.29, 0.717) is 0 Å². The Bertz CT molecular complexity index is 494. The second kappa shape index (κ2) is 7.88. The molecule has 1 fully saturated rings. The molecule has 0 aromatic heterocycles. The molecule has 27 heavy (non-hydrogen) atoms. The quantitative estimate of drug-likeness (QED) is 0.367. The van der Waals surface area contributed by atoms with Crippen LogP contribution in [0, 0.1) is 0 Å². The summed E-state index contributed by atoms with van der Waals surface area (Å²) in [5.41, 5.74) is 5.98. The monoisotopic (exact) mass is 426 g/mol. The summed E-state index contributed by atoms with van der Waals surface area (Å²) < 4.78 is 21.2. The van der Waals surface area contributed by atoms with Gasteiger partial charge in [0.25, 0.3) is 0 Å². The van der Waals surface area contributed by atoms with Crippen LogP contribution >= 0.6 is 0 Å². The highest BCUT2D eigenvalue weighted by Gasteiger charge is 2.70. The van der Waals surface area contributed by atoms with Crippen molar-refractivity contribution >= 4 is 25.7 Å². The van der Waals surface area contributed by atoms with Gasteiger partial charge in [0.2, 0.25) is 0 Å². The molecule has 0 spiro atoms. The van der Waals surface area contributed by atoms with Gasteiger partial charge in [0, 0.05) is 15.1 Å². The molecule has 3 nitrogen and oxygen atoms in total. The first-order chi connectivity index (χ1) is 12.2. The highest BCUT2D eigenvalue weighted by molar-refractivity contribution is 7.01. The van der Waals surface area contributed by atoms with Crippen LogP contribution in [-0.2, 0) is 12.3 Å². The molecule has 1 aliphatic heterocycles. The maximum absolute atomic E-state index is 7.05. The molecule has 1 saturated heterocycles. The molecular formula is C21H42O3Si3. The Hall–Kier alpha value is -0.249. The fourth-order valence-corrected chi connectivity index (χ4v) is 22.2. The van der Waals surface area contributed by atoms with Gasteiger partial charge in [-0.2, -0.15) is 0 Å². The summed E-state index contributed by atoms with van der Waals surface area (Å²) in [7, 11) is -8.49. The van der Waals surface area contributed by atoms with Gasteiger partial charge < -0.3 is 12.3 Å². The molecular weight excluding hydrogens is 384 g/mol. The summed E-state index contributed by atoms with van der Waals surface area (Å²) in [6, 6.07) is 0. The first kappa shape index (κ1) is 24.8. The van der Waals surface area contributed by atoms with Crippen LogP contribution in [0.1, 0.15) is 81.6 Å². The van der Waals surface area contributed by atoms with Crippen LogP contribution < -0.4 is 0 Å². The van der Waals surface area contributed by atoms with Crippen LogP contribution in [0.25, 0.3) is 0 Å². The zero-order chi connectivity index (χ0) is 21.4. The van der Waals surface area contributed by atoms with Gasteiger partial charge >= 0.3 is 25.7 Å². The van der Waals surface area contributed by atoms with E-state index in [1.54, 1.807) is 0 Å². The van der Waals surface area contributed by atoms with E-state index < -0.39 is 25.7 Å². The second-order valence-electron chi connectivity index (χ2n) is 9.63. The lowest BCUT2D eigenvalue weighted by molar-refractivity contribution is 0.175. The van der Waals surface area contributed by atoms with Crippen LogP contribution in [0.4, 0.5) is 0 Å². The second-order valence-corrected chi connectivity index (χ2v) is 21.4. The van der Waals surface area contributed by atoms with Crippen LogP contribution in [0.3, 0.4) is 0 Å². The Kier molecular flexibility index (Phi) is 7.23. The molecule has 1 rings (SSSR count). The van der Waals surface area contributed by atoms with Gasteiger partial charge in [0.1, 0.15) is 0 Å². The molecule has 0 amide bonds. The largest absolute Gasteiger partial charge is 0.409 e. The molecule has 0 bridgehead atoms. The molecule has 0 unspecified atom stereocenters. The van der Waals surface area contributed by atoms with Gasteiger partial charge in [-0.1, -0.05) is 79.4 Å². The summed E-state index contributed by atoms with van der Waals surface area (Å²) in [5.74, 6) is 0. The summed E-state index contributed by atoms with van der Waals surface area (Å²) in [6.07, 6.45) is 2.86. The Balaban J connectivity index is 3.90. The van der Waals surface area contributed by atoms with Crippen LogP contribution in [0.2, 0.25) is 15.1 Å². The van der Waals surface area contributed by atoms with Gasteiger partial charge in [-0.15, -0.1) is 19.7 Å². The van der Waals surface area contributed by atoms with Gasteiger partial charge in [-0.3, -0.25) is 0 Å². The maximum atomic E-state index is 7.05. The molecule has 156 valence electrons. The van der Waals surface area contributed by atoms with Crippen molar-refractivity contribution in [2.24, 2.45) is 0 Å². The number of hydrogen-bond donors (Lipinski definition) is 0. The highest BCUT2D eigenvalue weighted by Crippen LogP contribution is 2.58. The van der Waals surface area contributed by atoms with E-state index in [1.165, 1.54) is 0 Å². The molecule has 1 aliphatic rings. The van der Waals surface area contributed by atoms with E-state index in [1.807, 2.05) is 17.1 Å². The number of rotatable bonds is 9. The molecule has 0 aromatic rings. The fourth-order valence-electron chi connectivity index (χ4n) is 3.39. The molecule has 6 heteroatoms. The Labute approximate surface area is 171 Å². The summed E-state index contributed by atoms with van der Waals surface area (Å²) in [6.45, 7) is 32.7. The van der Waals surface area contributed by atoms with Gasteiger partial charge in [0.05, 0.1) is 0 Å². The van der Waals surface area contributed by atoms with E-state index in [-0.39, 0.29) is 15.1 Å². The van der Waals surface area contributed by atoms with Crippen LogP contribution in [0.15, 0.2) is 36.8 Å². The zero-order valence-corrected chi connectivity index (χ0v) is 22.2. The number of hydrogen-bond acceptors (Lipinski definition) is 3. The van der Waals surface area contributed by atoms with Gasteiger partial charge in [-0.05, 0) is 19.3 Å². The topological polar surface area (TPSA) is 27.7 Å². The van der Waals surface area contributed by atoms with Crippen molar-refractivity contribution in [2.45, 2.75) is 96.7 Å². The van der Waals surface area contributed by atoms with E-state index >= 15 is 0 Å². The Morgan fingerprint density at radius 3 is 0.852 bits per heavy atom. The van der Waals surface area contributed by atoms with Crippen molar-refractivity contribution in [3.05, 3.63) is 36.8 Å². The lowest BCUT2D eigenvalue weighted by atomic mass is 10.1. The summed E-state index contributed by atoms with van der Waals surface area (Å²) in [4.78, 5) is 0. The first-order valence-electron chi connectivity index (χ1n) is 10.2. The Morgan fingerprint density at radius 1 is 0.556 bits per heavy atom. The average molecular weight is 427 g/mol. The van der Waals surface area contributed by atoms with Crippen molar-refractivity contribution in [1.82, 2.24) is 0 Å². The van der Waals surface area contributed by atoms with Crippen molar-refractivity contribution in [1.29, 1.82) is 0 Å². The predicted octanol–water partition coefficient (Wildman–Crippen LogP) is 7.12. The standard InChI is InChI=1S/C21H42O3Si3/c1-13-19(7,8)25(16-4)22-26(17-5,20(9,10)14-2)24-27(18-6,23-25)21(11,12)15-3/h16-18H,4-6,13-15H2,1-3,7-12H3. The van der Waals surface area contributed by atoms with Gasteiger partial charge in [-0.25, -0.2) is 0 Å². The molecule has 0 saturated carbocycles. The first-order valence-corrected chi connectivity index (χ1v) is 15.9. The lowest BCUT2D eigenvalue weighted by Gasteiger charge is -2.61. The third kappa shape index (κ3) is 3.69. The zero-order valence-electron chi connectivity index (χ0n) is 19.2. The van der Waals surface area contributed by atoms with Gasteiger partial charge in [0.15, 0.2) is 0 Å². The predicted molar refractivity (Wildman–Crippen MR) is 124 cm³/mol. The van der Waals surface area contributed by atoms with Crippen molar-refractivity contribution < 1.29 is 12.3 Å². The van der Waals surface area contributed by atoms with E-state index in [2.05, 4.69) is 82.1 Å². The van der Waals surface area contributed by atoms with E-state index in [0.717, 1.165) is 19.3 Å². The van der Waals surface area contributed by atoms with Crippen molar-refractivity contribution in [3.8, 4) is 0 Å². The SMILES string of the molecule is C=C[Si]1(C(C)(C)CC)O[Si](C=C)(C(C)(C)CC)O[Si](C=C)(C(C)(C)CC)O1. The molecule has 1 heterocycles. The van der Waals surface area contributed by atoms with E-state index in [9.17, 15) is 0 Å². The molecule has 0 N–H and O–H groups in total. The normalized spacial score (nSPS) is 32.8. The third-order valence-electron chi connectivity index (χ3n) is 7.20. The summed E-state index contributed by atoms with van der Waals surface area (Å²) >= 11 is 0. The molecule has 0 aliphatic carbocycles. The molecule has 0 aromatic carbocycles. The van der Waals surface area contributed by atoms with Crippen LogP contribution in [-0.4, -0.2) is 25.7 Å². The minimum absolute atomic E-state index is 0.130. The van der Waals surface area contributed by atoms with Crippen LogP contribution in [0.5, 0.6) is 0 Å². The minimum atomic E-state index is -2.83. The Morgan fingerprint density at radius 2 is 0.741 bits per heavy atom. The minimum Gasteiger partial charge on any atom is -0.409 e. The molecule has 0 radical (unpaired) electrons. The molecule has 0 atom stereocenters. The maximum Gasteiger partial charge on any atom is 0.353 e. The van der Waals surface area contributed by atoms with Crippen molar-refractivity contribution in [2.75, 3.05) is 0 Å². The third-order valence-corrected chi connectivity index (χ3v) is 22.8. The lowest BCUT2D eigenvalue weighted by Crippen LogP contribution is -2.76. The summed E-state index contributed by atoms with van der Waals surface area (Å²) in [5, 5.41) is -0.391. The fraction of sp³-hybridized carbons (Fsp3) is 0.714.